The first-order valence-corrected chi connectivity index (χ1v) is 11.9. The van der Waals surface area contributed by atoms with E-state index in [2.05, 4.69) is 126 Å². The lowest BCUT2D eigenvalue weighted by Crippen LogP contribution is -3.00. The molecular weight excluding hydrogens is 660 g/mol. The molecule has 32 heavy (non-hydrogen) atoms. The molecule has 0 amide bonds. The quantitative estimate of drug-likeness (QED) is 0.224. The first-order valence-electron chi connectivity index (χ1n) is 10.3. The van der Waals surface area contributed by atoms with Crippen molar-refractivity contribution >= 4 is 31.9 Å². The van der Waals surface area contributed by atoms with Gasteiger partial charge in [-0.25, -0.2) is 0 Å². The van der Waals surface area contributed by atoms with Crippen molar-refractivity contribution in [3.63, 3.8) is 0 Å². The van der Waals surface area contributed by atoms with Gasteiger partial charge < -0.3 is 34.0 Å². The smallest absolute Gasteiger partial charge is 0.200 e. The number of rotatable bonds is 0. The third-order valence-corrected chi connectivity index (χ3v) is 8.11. The van der Waals surface area contributed by atoms with E-state index in [4.69, 9.17) is 0 Å². The Morgan fingerprint density at radius 2 is 0.969 bits per heavy atom. The highest BCUT2D eigenvalue weighted by Crippen LogP contribution is 2.54. The fraction of sp³-hybridized carbons (Fsp3) is 0.154. The van der Waals surface area contributed by atoms with E-state index in [-0.39, 0.29) is 57.9 Å². The van der Waals surface area contributed by atoms with Crippen LogP contribution < -0.4 is 43.1 Å². The molecule has 0 N–H and O–H groups in total. The van der Waals surface area contributed by atoms with E-state index >= 15 is 0 Å². The fourth-order valence-electron chi connectivity index (χ4n) is 6.10. The second-order valence-corrected chi connectivity index (χ2v) is 10.3. The summed E-state index contributed by atoms with van der Waals surface area (Å²) in [5.74, 6) is 0.504. The maximum Gasteiger partial charge on any atom is 0.200 e. The minimum atomic E-state index is 0. The molecule has 0 fully saturated rings. The van der Waals surface area contributed by atoms with Gasteiger partial charge in [-0.05, 0) is 35.4 Å². The minimum Gasteiger partial charge on any atom is -1.00 e. The molecule has 0 saturated carbocycles. The van der Waals surface area contributed by atoms with E-state index in [1.165, 1.54) is 33.6 Å². The normalized spacial score (nSPS) is 22.8. The van der Waals surface area contributed by atoms with Gasteiger partial charge >= 0.3 is 0 Å². The van der Waals surface area contributed by atoms with Crippen molar-refractivity contribution in [3.05, 3.63) is 128 Å². The number of nitrogens with zero attached hydrogens (tertiary/aromatic N) is 2. The first kappa shape index (κ1) is 22.5. The summed E-state index contributed by atoms with van der Waals surface area (Å²) in [5, 5.41) is 0. The summed E-state index contributed by atoms with van der Waals surface area (Å²) in [7, 11) is 0. The van der Waals surface area contributed by atoms with Gasteiger partial charge in [-0.15, -0.1) is 0 Å². The summed E-state index contributed by atoms with van der Waals surface area (Å²) in [5.41, 5.74) is 8.60. The lowest BCUT2D eigenvalue weighted by Gasteiger charge is -2.42. The van der Waals surface area contributed by atoms with Crippen LogP contribution in [0.4, 0.5) is 0 Å². The fourth-order valence-corrected chi connectivity index (χ4v) is 6.86. The zero-order valence-corrected chi connectivity index (χ0v) is 23.1. The van der Waals surface area contributed by atoms with Crippen molar-refractivity contribution in [1.82, 2.24) is 0 Å². The summed E-state index contributed by atoms with van der Waals surface area (Å²) >= 11 is 7.51. The molecule has 5 aliphatic heterocycles. The highest BCUT2D eigenvalue weighted by Gasteiger charge is 2.58. The molecule has 10 rings (SSSR count). The summed E-state index contributed by atoms with van der Waals surface area (Å²) in [6.45, 7) is 0. The molecule has 6 aliphatic rings. The van der Waals surface area contributed by atoms with Crippen molar-refractivity contribution < 1.29 is 43.1 Å². The van der Waals surface area contributed by atoms with E-state index in [1.54, 1.807) is 0 Å². The highest BCUT2D eigenvalue weighted by molar-refractivity contribution is 9.10. The van der Waals surface area contributed by atoms with Crippen molar-refractivity contribution in [2.75, 3.05) is 0 Å². The Morgan fingerprint density at radius 3 is 1.41 bits per heavy atom. The van der Waals surface area contributed by atoms with E-state index in [0.717, 1.165) is 8.95 Å². The lowest BCUT2D eigenvalue weighted by atomic mass is 9.65. The summed E-state index contributed by atoms with van der Waals surface area (Å²) in [4.78, 5) is 0. The lowest BCUT2D eigenvalue weighted by molar-refractivity contribution is -0.769. The van der Waals surface area contributed by atoms with Gasteiger partial charge in [0.15, 0.2) is 23.8 Å². The van der Waals surface area contributed by atoms with Gasteiger partial charge in [0.05, 0.1) is 0 Å². The number of aromatic nitrogens is 2. The van der Waals surface area contributed by atoms with Crippen LogP contribution in [0, 0.1) is 0 Å². The SMILES string of the molecule is Brc1ccc2c(c1)[C@H]1c3cccc[n+]3[C@@H]2[C@@H]2c3cc(Br)ccc3[C@H]1[n+]1ccccc12.[Br-].[Br-]. The zero-order chi connectivity index (χ0) is 20.0. The van der Waals surface area contributed by atoms with Crippen LogP contribution in [-0.4, -0.2) is 0 Å². The third kappa shape index (κ3) is 2.92. The minimum absolute atomic E-state index is 0. The van der Waals surface area contributed by atoms with Crippen molar-refractivity contribution in [3.8, 4) is 0 Å². The molecule has 2 aromatic heterocycles. The van der Waals surface area contributed by atoms with E-state index < -0.39 is 0 Å². The third-order valence-electron chi connectivity index (χ3n) is 7.12. The molecule has 0 unspecified atom stereocenters. The Bertz CT molecular complexity index is 1260. The molecule has 7 heterocycles. The molecule has 1 aliphatic carbocycles. The molecule has 4 aromatic rings. The molecule has 2 nitrogen and oxygen atoms in total. The Morgan fingerprint density at radius 1 is 0.531 bits per heavy atom. The standard InChI is InChI=1S/C26H18Br2N2.2BrH/c27-15-7-9-17-19(13-15)23-21-5-1-3-11-29(21)26(17)24-20-14-16(28)8-10-18(20)25(23)30-12-4-2-6-22(24)30;;/h1-14,23-26H;2*1H/q+2;;/p-2/t23-,24+,25+,26-;;. The molecule has 0 radical (unpaired) electrons. The van der Waals surface area contributed by atoms with Crippen molar-refractivity contribution in [2.45, 2.75) is 23.9 Å². The molecule has 2 aromatic carbocycles. The summed E-state index contributed by atoms with van der Waals surface area (Å²) < 4.78 is 7.39. The number of halogens is 4. The van der Waals surface area contributed by atoms with Gasteiger partial charge in [0.25, 0.3) is 0 Å². The van der Waals surface area contributed by atoms with E-state index in [9.17, 15) is 0 Å². The Hall–Kier alpha value is -1.34. The number of hydrogen-bond acceptors (Lipinski definition) is 0. The Kier molecular flexibility index (Phi) is 5.72. The van der Waals surface area contributed by atoms with Crippen LogP contribution in [0.3, 0.4) is 0 Å². The molecule has 4 atom stereocenters. The monoisotopic (exact) mass is 674 g/mol. The molecule has 4 bridgehead atoms. The molecule has 0 saturated heterocycles. The predicted octanol–water partition coefficient (Wildman–Crippen LogP) is -0.422. The molecule has 6 heteroatoms. The number of pyridine rings is 2. The van der Waals surface area contributed by atoms with Crippen molar-refractivity contribution in [1.29, 1.82) is 0 Å². The molecule has 160 valence electrons. The van der Waals surface area contributed by atoms with Crippen LogP contribution in [0.25, 0.3) is 0 Å². The Labute approximate surface area is 225 Å². The molecular formula is C26H18Br4N2. The zero-order valence-electron chi connectivity index (χ0n) is 16.8. The van der Waals surface area contributed by atoms with Crippen LogP contribution >= 0.6 is 31.9 Å². The van der Waals surface area contributed by atoms with Gasteiger partial charge in [-0.3, -0.25) is 0 Å². The van der Waals surface area contributed by atoms with Gasteiger partial charge in [-0.1, -0.05) is 56.1 Å². The second-order valence-electron chi connectivity index (χ2n) is 8.46. The molecule has 0 spiro atoms. The van der Waals surface area contributed by atoms with Crippen LogP contribution in [0.2, 0.25) is 0 Å². The van der Waals surface area contributed by atoms with Crippen LogP contribution in [-0.2, 0) is 0 Å². The topological polar surface area (TPSA) is 7.76 Å². The largest absolute Gasteiger partial charge is 1.00 e. The van der Waals surface area contributed by atoms with Crippen LogP contribution in [0.5, 0.6) is 0 Å². The first-order chi connectivity index (χ1) is 14.7. The summed E-state index contributed by atoms with van der Waals surface area (Å²) in [6.07, 6.45) is 4.56. The van der Waals surface area contributed by atoms with Gasteiger partial charge in [-0.2, -0.15) is 9.13 Å². The van der Waals surface area contributed by atoms with Gasteiger partial charge in [0, 0.05) is 44.3 Å². The maximum absolute atomic E-state index is 3.75. The Balaban J connectivity index is 0.00000108. The summed E-state index contributed by atoms with van der Waals surface area (Å²) in [6, 6.07) is 27.6. The maximum atomic E-state index is 3.75. The van der Waals surface area contributed by atoms with E-state index in [0.29, 0.717) is 0 Å². The van der Waals surface area contributed by atoms with E-state index in [1.807, 2.05) is 0 Å². The average molecular weight is 678 g/mol. The number of hydrogen-bond donors (Lipinski definition) is 0. The van der Waals surface area contributed by atoms with Crippen molar-refractivity contribution in [2.24, 2.45) is 0 Å². The van der Waals surface area contributed by atoms with Crippen LogP contribution in [0.1, 0.15) is 57.6 Å². The number of benzene rings is 2. The van der Waals surface area contributed by atoms with Gasteiger partial charge in [0.2, 0.25) is 12.1 Å². The average Bonchev–Trinajstić information content (AvgIpc) is 2.75. The van der Waals surface area contributed by atoms with Crippen LogP contribution in [0.15, 0.2) is 94.1 Å². The predicted molar refractivity (Wildman–Crippen MR) is 122 cm³/mol. The second kappa shape index (κ2) is 8.15. The van der Waals surface area contributed by atoms with Gasteiger partial charge in [0.1, 0.15) is 11.8 Å². The highest BCUT2D eigenvalue weighted by atomic mass is 79.9.